The molecule has 6 rings (SSSR count). The molecule has 1 aliphatic heterocycles. The van der Waals surface area contributed by atoms with Gasteiger partial charge in [-0.1, -0.05) is 18.6 Å². The Morgan fingerprint density at radius 3 is 2.59 bits per heavy atom. The third-order valence-electron chi connectivity index (χ3n) is 8.57. The highest BCUT2D eigenvalue weighted by Gasteiger charge is 2.37. The highest BCUT2D eigenvalue weighted by Crippen LogP contribution is 2.43. The van der Waals surface area contributed by atoms with Gasteiger partial charge in [-0.25, -0.2) is 9.59 Å². The topological polar surface area (TPSA) is 86.7 Å². The van der Waals surface area contributed by atoms with Crippen molar-refractivity contribution in [3.8, 4) is 5.69 Å². The second kappa shape index (κ2) is 10.4. The summed E-state index contributed by atoms with van der Waals surface area (Å²) >= 11 is 0. The Morgan fingerprint density at radius 1 is 1.12 bits per heavy atom. The summed E-state index contributed by atoms with van der Waals surface area (Å²) in [4.78, 5) is 27.2. The van der Waals surface area contributed by atoms with Crippen LogP contribution < -0.4 is 5.69 Å². The lowest BCUT2D eigenvalue weighted by Gasteiger charge is -2.33. The Balaban J connectivity index is 1.44. The lowest BCUT2D eigenvalue weighted by Crippen LogP contribution is -2.39. The maximum atomic E-state index is 14.3. The SMILES string of the molecule is COC(=O)N1CCC[C@@H](c2cc(C(F)(F)F)c3cn(-c4cccc([C@H](c5nncn5C)C5CCC5)c4)c(=O)n3c2)C1. The Kier molecular flexibility index (Phi) is 6.87. The molecule has 2 fully saturated rings. The van der Waals surface area contributed by atoms with E-state index in [0.717, 1.165) is 41.1 Å². The van der Waals surface area contributed by atoms with E-state index in [1.54, 1.807) is 12.4 Å². The summed E-state index contributed by atoms with van der Waals surface area (Å²) in [6.45, 7) is 0.692. The summed E-state index contributed by atoms with van der Waals surface area (Å²) < 4.78 is 52.1. The van der Waals surface area contributed by atoms with Crippen molar-refractivity contribution in [2.24, 2.45) is 13.0 Å². The number of hydrogen-bond donors (Lipinski definition) is 0. The summed E-state index contributed by atoms with van der Waals surface area (Å²) in [6, 6.07) is 8.49. The van der Waals surface area contributed by atoms with Crippen molar-refractivity contribution >= 4 is 11.6 Å². The number of rotatable bonds is 5. The molecule has 2 aliphatic rings. The van der Waals surface area contributed by atoms with Gasteiger partial charge >= 0.3 is 18.0 Å². The molecule has 0 unspecified atom stereocenters. The number of ether oxygens (including phenoxy) is 1. The number of methoxy groups -OCH3 is 1. The standard InChI is InChI=1S/C29H31F3N6O3/c1-35-17-33-34-26(35)25(18-6-3-7-18)19-8-4-10-22(12-19)37-16-24-23(29(30,31)32)13-21(15-38(24)27(37)39)20-9-5-11-36(14-20)28(40)41-2/h4,8,10,12-13,15-18,20,25H,3,5-7,9,11,14H2,1-2H3/t20-,25-/m1/s1. The highest BCUT2D eigenvalue weighted by molar-refractivity contribution is 5.67. The van der Waals surface area contributed by atoms with Crippen LogP contribution in [0.4, 0.5) is 18.0 Å². The summed E-state index contributed by atoms with van der Waals surface area (Å²) in [7, 11) is 3.17. The van der Waals surface area contributed by atoms with E-state index in [0.29, 0.717) is 36.6 Å². The largest absolute Gasteiger partial charge is 0.453 e. The van der Waals surface area contributed by atoms with Crippen molar-refractivity contribution in [3.05, 3.63) is 82.1 Å². The maximum Gasteiger partial charge on any atom is 0.418 e. The van der Waals surface area contributed by atoms with E-state index < -0.39 is 23.5 Å². The number of aryl methyl sites for hydroxylation is 1. The number of imidazole rings is 1. The van der Waals surface area contributed by atoms with E-state index >= 15 is 0 Å². The molecule has 0 spiro atoms. The third kappa shape index (κ3) is 4.89. The first-order valence-electron chi connectivity index (χ1n) is 13.8. The van der Waals surface area contributed by atoms with Crippen molar-refractivity contribution in [1.82, 2.24) is 28.6 Å². The molecule has 1 saturated heterocycles. The second-order valence-electron chi connectivity index (χ2n) is 11.0. The van der Waals surface area contributed by atoms with Gasteiger partial charge in [0.15, 0.2) is 0 Å². The Hall–Kier alpha value is -4.09. The molecule has 2 atom stereocenters. The molecule has 41 heavy (non-hydrogen) atoms. The van der Waals surface area contributed by atoms with Gasteiger partial charge in [0.2, 0.25) is 0 Å². The minimum atomic E-state index is -4.68. The fraction of sp³-hybridized carbons (Fsp3) is 0.448. The number of fused-ring (bicyclic) bond motifs is 1. The van der Waals surface area contributed by atoms with Gasteiger partial charge in [-0.2, -0.15) is 13.2 Å². The van der Waals surface area contributed by atoms with Crippen LogP contribution in [0, 0.1) is 5.92 Å². The predicted octanol–water partition coefficient (Wildman–Crippen LogP) is 5.12. The van der Waals surface area contributed by atoms with Crippen LogP contribution in [0.15, 0.2) is 53.8 Å². The summed E-state index contributed by atoms with van der Waals surface area (Å²) in [5.74, 6) is 0.794. The zero-order valence-corrected chi connectivity index (χ0v) is 22.8. The molecule has 12 heteroatoms. The molecule has 1 aromatic carbocycles. The molecule has 9 nitrogen and oxygen atoms in total. The number of alkyl halides is 3. The van der Waals surface area contributed by atoms with Gasteiger partial charge in [-0.15, -0.1) is 10.2 Å². The normalized spacial score (nSPS) is 18.9. The van der Waals surface area contributed by atoms with Crippen LogP contribution in [0.3, 0.4) is 0 Å². The number of nitrogens with zero attached hydrogens (tertiary/aromatic N) is 6. The number of pyridine rings is 1. The number of likely N-dealkylation sites (tertiary alicyclic amines) is 1. The van der Waals surface area contributed by atoms with E-state index in [-0.39, 0.29) is 23.9 Å². The number of aromatic nitrogens is 5. The maximum absolute atomic E-state index is 14.3. The molecule has 216 valence electrons. The van der Waals surface area contributed by atoms with Crippen LogP contribution in [-0.4, -0.2) is 54.9 Å². The van der Waals surface area contributed by atoms with Gasteiger partial charge in [0.1, 0.15) is 12.2 Å². The lowest BCUT2D eigenvalue weighted by molar-refractivity contribution is -0.136. The van der Waals surface area contributed by atoms with Gasteiger partial charge in [0.05, 0.1) is 23.9 Å². The number of piperidine rings is 1. The fourth-order valence-electron chi connectivity index (χ4n) is 6.24. The Bertz CT molecular complexity index is 1650. The number of carbonyl (C=O) groups is 1. The molecule has 1 aliphatic carbocycles. The minimum Gasteiger partial charge on any atom is -0.453 e. The molecule has 0 bridgehead atoms. The number of benzene rings is 1. The highest BCUT2D eigenvalue weighted by atomic mass is 19.4. The molecule has 0 N–H and O–H groups in total. The van der Waals surface area contributed by atoms with Crippen molar-refractivity contribution in [2.75, 3.05) is 20.2 Å². The monoisotopic (exact) mass is 568 g/mol. The Labute approximate surface area is 234 Å². The zero-order chi connectivity index (χ0) is 28.9. The quantitative estimate of drug-likeness (QED) is 0.334. The fourth-order valence-corrected chi connectivity index (χ4v) is 6.24. The molecule has 4 aromatic rings. The first kappa shape index (κ1) is 27.1. The molecule has 1 saturated carbocycles. The van der Waals surface area contributed by atoms with E-state index in [9.17, 15) is 22.8 Å². The minimum absolute atomic E-state index is 0.0367. The number of carbonyl (C=O) groups excluding carboxylic acids is 1. The van der Waals surface area contributed by atoms with Crippen LogP contribution >= 0.6 is 0 Å². The summed E-state index contributed by atoms with van der Waals surface area (Å²) in [6.07, 6.45) is 3.64. The van der Waals surface area contributed by atoms with Gasteiger partial charge in [0.25, 0.3) is 0 Å². The van der Waals surface area contributed by atoms with E-state index in [2.05, 4.69) is 10.2 Å². The van der Waals surface area contributed by atoms with Gasteiger partial charge in [0, 0.05) is 44.4 Å². The molecular weight excluding hydrogens is 537 g/mol. The first-order valence-corrected chi connectivity index (χ1v) is 13.8. The molecule has 3 aromatic heterocycles. The van der Waals surface area contributed by atoms with E-state index in [1.807, 2.05) is 29.8 Å². The average Bonchev–Trinajstić information content (AvgIpc) is 3.51. The number of amides is 1. The van der Waals surface area contributed by atoms with Crippen molar-refractivity contribution in [2.45, 2.75) is 50.1 Å². The summed E-state index contributed by atoms with van der Waals surface area (Å²) in [5.41, 5.74) is 0.0762. The van der Waals surface area contributed by atoms with Crippen LogP contribution in [-0.2, 0) is 18.0 Å². The second-order valence-corrected chi connectivity index (χ2v) is 11.0. The zero-order valence-electron chi connectivity index (χ0n) is 22.8. The molecule has 1 amide bonds. The number of hydrogen-bond acceptors (Lipinski definition) is 5. The van der Waals surface area contributed by atoms with Crippen LogP contribution in [0.5, 0.6) is 0 Å². The van der Waals surface area contributed by atoms with E-state index in [1.165, 1.54) is 29.0 Å². The van der Waals surface area contributed by atoms with Crippen LogP contribution in [0.25, 0.3) is 11.2 Å². The lowest BCUT2D eigenvalue weighted by atomic mass is 9.72. The smallest absolute Gasteiger partial charge is 0.418 e. The first-order chi connectivity index (χ1) is 19.7. The van der Waals surface area contributed by atoms with Crippen molar-refractivity contribution in [3.63, 3.8) is 0 Å². The summed E-state index contributed by atoms with van der Waals surface area (Å²) in [5, 5.41) is 8.40. The Morgan fingerprint density at radius 2 is 1.93 bits per heavy atom. The average molecular weight is 569 g/mol. The van der Waals surface area contributed by atoms with Gasteiger partial charge < -0.3 is 14.2 Å². The van der Waals surface area contributed by atoms with Gasteiger partial charge in [-0.3, -0.25) is 8.97 Å². The third-order valence-corrected chi connectivity index (χ3v) is 8.57. The number of halogens is 3. The van der Waals surface area contributed by atoms with Crippen molar-refractivity contribution in [1.29, 1.82) is 0 Å². The van der Waals surface area contributed by atoms with E-state index in [4.69, 9.17) is 4.74 Å². The van der Waals surface area contributed by atoms with Crippen LogP contribution in [0.1, 0.15) is 66.5 Å². The van der Waals surface area contributed by atoms with Crippen molar-refractivity contribution < 1.29 is 22.7 Å². The molecule has 4 heterocycles. The predicted molar refractivity (Wildman–Crippen MR) is 144 cm³/mol. The molecular formula is C29H31F3N6O3. The van der Waals surface area contributed by atoms with Gasteiger partial charge in [-0.05, 0) is 60.9 Å². The van der Waals surface area contributed by atoms with Crippen LogP contribution in [0.2, 0.25) is 0 Å². The molecule has 0 radical (unpaired) electrons.